The first-order valence-corrected chi connectivity index (χ1v) is 9.31. The monoisotopic (exact) mass is 420 g/mol. The van der Waals surface area contributed by atoms with E-state index >= 15 is 0 Å². The highest BCUT2D eigenvalue weighted by molar-refractivity contribution is 9.10. The van der Waals surface area contributed by atoms with Crippen LogP contribution in [0, 0.1) is 5.92 Å². The average Bonchev–Trinajstić information content (AvgIpc) is 2.98. The Balaban J connectivity index is 1.54. The minimum Gasteiger partial charge on any atom is -0.355 e. The van der Waals surface area contributed by atoms with Gasteiger partial charge in [0.25, 0.3) is 0 Å². The molecule has 0 aliphatic carbocycles. The van der Waals surface area contributed by atoms with E-state index in [9.17, 15) is 9.59 Å². The van der Waals surface area contributed by atoms with Gasteiger partial charge in [0, 0.05) is 28.3 Å². The zero-order valence-corrected chi connectivity index (χ0v) is 15.9. The molecule has 1 N–H and O–H groups in total. The molecule has 1 fully saturated rings. The van der Waals surface area contributed by atoms with Gasteiger partial charge in [-0.05, 0) is 48.7 Å². The molecule has 1 unspecified atom stereocenters. The van der Waals surface area contributed by atoms with Gasteiger partial charge in [-0.25, -0.2) is 0 Å². The fraction of sp³-hybridized carbons (Fsp3) is 0.263. The quantitative estimate of drug-likeness (QED) is 0.746. The van der Waals surface area contributed by atoms with Crippen molar-refractivity contribution in [3.8, 4) is 0 Å². The van der Waals surface area contributed by atoms with Crippen molar-refractivity contribution < 1.29 is 9.59 Å². The normalized spacial score (nSPS) is 17.0. The molecule has 0 radical (unpaired) electrons. The Hall–Kier alpha value is -1.85. The highest BCUT2D eigenvalue weighted by Gasteiger charge is 2.37. The van der Waals surface area contributed by atoms with E-state index in [2.05, 4.69) is 21.2 Å². The molecule has 4 nitrogen and oxygen atoms in total. The summed E-state index contributed by atoms with van der Waals surface area (Å²) in [7, 11) is 0. The summed E-state index contributed by atoms with van der Waals surface area (Å²) in [4.78, 5) is 26.6. The summed E-state index contributed by atoms with van der Waals surface area (Å²) in [6.45, 7) is 1.06. The van der Waals surface area contributed by atoms with Crippen molar-refractivity contribution in [2.24, 2.45) is 5.92 Å². The number of anilines is 1. The zero-order valence-electron chi connectivity index (χ0n) is 13.5. The lowest BCUT2D eigenvalue weighted by Gasteiger charge is -2.17. The second kappa shape index (κ2) is 8.02. The number of nitrogens with one attached hydrogen (secondary N) is 1. The van der Waals surface area contributed by atoms with E-state index < -0.39 is 5.92 Å². The van der Waals surface area contributed by atoms with Gasteiger partial charge in [0.05, 0.1) is 0 Å². The minimum atomic E-state index is -0.607. The summed E-state index contributed by atoms with van der Waals surface area (Å²) in [6, 6.07) is 15.1. The van der Waals surface area contributed by atoms with Crippen LogP contribution < -0.4 is 10.2 Å². The number of rotatable bonds is 5. The first kappa shape index (κ1) is 18.0. The first-order chi connectivity index (χ1) is 12.0. The van der Waals surface area contributed by atoms with Crippen LogP contribution in [0.2, 0.25) is 5.02 Å². The molecule has 1 aliphatic heterocycles. The highest BCUT2D eigenvalue weighted by Crippen LogP contribution is 2.27. The Bertz CT molecular complexity index is 779. The van der Waals surface area contributed by atoms with Gasteiger partial charge in [0.2, 0.25) is 11.8 Å². The predicted octanol–water partition coefficient (Wildman–Crippen LogP) is 3.81. The van der Waals surface area contributed by atoms with Gasteiger partial charge in [-0.3, -0.25) is 9.59 Å². The second-order valence-corrected chi connectivity index (χ2v) is 7.33. The van der Waals surface area contributed by atoms with Crippen LogP contribution in [0.25, 0.3) is 0 Å². The van der Waals surface area contributed by atoms with E-state index in [-0.39, 0.29) is 11.8 Å². The van der Waals surface area contributed by atoms with Crippen LogP contribution in [-0.4, -0.2) is 24.9 Å². The Morgan fingerprint density at radius 2 is 2.00 bits per heavy atom. The van der Waals surface area contributed by atoms with Crippen LogP contribution in [0.3, 0.4) is 0 Å². The lowest BCUT2D eigenvalue weighted by atomic mass is 10.1. The van der Waals surface area contributed by atoms with Crippen LogP contribution in [0.1, 0.15) is 12.0 Å². The highest BCUT2D eigenvalue weighted by atomic mass is 79.9. The number of benzene rings is 2. The second-order valence-electron chi connectivity index (χ2n) is 5.98. The van der Waals surface area contributed by atoms with E-state index in [1.165, 1.54) is 0 Å². The molecule has 130 valence electrons. The van der Waals surface area contributed by atoms with Gasteiger partial charge in [0.15, 0.2) is 0 Å². The number of hydrogen-bond acceptors (Lipinski definition) is 2. The number of nitrogens with zero attached hydrogens (tertiary/aromatic N) is 1. The Labute approximate surface area is 160 Å². The maximum atomic E-state index is 12.6. The van der Waals surface area contributed by atoms with E-state index in [0.717, 1.165) is 15.7 Å². The number of carbonyl (C=O) groups excluding carboxylic acids is 2. The molecule has 1 atom stereocenters. The van der Waals surface area contributed by atoms with Gasteiger partial charge >= 0.3 is 0 Å². The van der Waals surface area contributed by atoms with Crippen molar-refractivity contribution in [3.63, 3.8) is 0 Å². The molecule has 25 heavy (non-hydrogen) atoms. The molecular formula is C19H18BrClN2O2. The molecule has 1 heterocycles. The summed E-state index contributed by atoms with van der Waals surface area (Å²) < 4.78 is 0.911. The minimum absolute atomic E-state index is 0.137. The summed E-state index contributed by atoms with van der Waals surface area (Å²) >= 11 is 9.27. The standard InChI is InChI=1S/C19H18BrClN2O2/c20-14-2-1-3-16(12-14)23-11-9-17(19(23)25)18(24)22-10-8-13-4-6-15(21)7-5-13/h1-7,12,17H,8-11H2,(H,22,24). The van der Waals surface area contributed by atoms with Gasteiger partial charge in [-0.2, -0.15) is 0 Å². The first-order valence-electron chi connectivity index (χ1n) is 8.14. The average molecular weight is 422 g/mol. The molecule has 2 aromatic rings. The van der Waals surface area contributed by atoms with Crippen LogP contribution >= 0.6 is 27.5 Å². The Morgan fingerprint density at radius 1 is 1.24 bits per heavy atom. The van der Waals surface area contributed by atoms with E-state index in [0.29, 0.717) is 31.0 Å². The molecule has 2 amide bonds. The molecule has 1 aliphatic rings. The summed E-state index contributed by atoms with van der Waals surface area (Å²) in [6.07, 6.45) is 1.25. The third-order valence-corrected chi connectivity index (χ3v) is 5.01. The third-order valence-electron chi connectivity index (χ3n) is 4.27. The fourth-order valence-electron chi connectivity index (χ4n) is 2.93. The smallest absolute Gasteiger partial charge is 0.239 e. The van der Waals surface area contributed by atoms with Crippen molar-refractivity contribution in [1.82, 2.24) is 5.32 Å². The van der Waals surface area contributed by atoms with Crippen molar-refractivity contribution >= 4 is 45.0 Å². The predicted molar refractivity (Wildman–Crippen MR) is 103 cm³/mol. The Morgan fingerprint density at radius 3 is 2.72 bits per heavy atom. The molecule has 6 heteroatoms. The van der Waals surface area contributed by atoms with E-state index in [1.54, 1.807) is 4.90 Å². The number of halogens is 2. The lowest BCUT2D eigenvalue weighted by molar-refractivity contribution is -0.132. The van der Waals surface area contributed by atoms with Gasteiger partial charge in [-0.1, -0.05) is 45.7 Å². The molecule has 2 aromatic carbocycles. The Kier molecular flexibility index (Phi) is 5.76. The summed E-state index contributed by atoms with van der Waals surface area (Å²) in [5.41, 5.74) is 1.91. The summed E-state index contributed by atoms with van der Waals surface area (Å²) in [5.74, 6) is -0.942. The van der Waals surface area contributed by atoms with Gasteiger partial charge in [-0.15, -0.1) is 0 Å². The lowest BCUT2D eigenvalue weighted by Crippen LogP contribution is -2.37. The topological polar surface area (TPSA) is 49.4 Å². The zero-order chi connectivity index (χ0) is 17.8. The number of amides is 2. The molecule has 0 bridgehead atoms. The SMILES string of the molecule is O=C(NCCc1ccc(Cl)cc1)C1CCN(c2cccc(Br)c2)C1=O. The number of carbonyl (C=O) groups is 2. The van der Waals surface area contributed by atoms with E-state index in [1.807, 2.05) is 48.5 Å². The van der Waals surface area contributed by atoms with E-state index in [4.69, 9.17) is 11.6 Å². The molecular weight excluding hydrogens is 404 g/mol. The number of hydrogen-bond donors (Lipinski definition) is 1. The van der Waals surface area contributed by atoms with Crippen molar-refractivity contribution in [3.05, 3.63) is 63.6 Å². The fourth-order valence-corrected chi connectivity index (χ4v) is 3.44. The maximum absolute atomic E-state index is 12.6. The maximum Gasteiger partial charge on any atom is 0.239 e. The molecule has 3 rings (SSSR count). The van der Waals surface area contributed by atoms with Gasteiger partial charge < -0.3 is 10.2 Å². The summed E-state index contributed by atoms with van der Waals surface area (Å²) in [5, 5.41) is 3.56. The largest absolute Gasteiger partial charge is 0.355 e. The van der Waals surface area contributed by atoms with Crippen LogP contribution in [0.4, 0.5) is 5.69 Å². The van der Waals surface area contributed by atoms with Crippen LogP contribution in [-0.2, 0) is 16.0 Å². The van der Waals surface area contributed by atoms with Gasteiger partial charge in [0.1, 0.15) is 5.92 Å². The third kappa shape index (κ3) is 4.41. The molecule has 0 saturated carbocycles. The van der Waals surface area contributed by atoms with Crippen LogP contribution in [0.5, 0.6) is 0 Å². The molecule has 1 saturated heterocycles. The van der Waals surface area contributed by atoms with Crippen molar-refractivity contribution in [1.29, 1.82) is 0 Å². The molecule has 0 aromatic heterocycles. The van der Waals surface area contributed by atoms with Crippen molar-refractivity contribution in [2.75, 3.05) is 18.0 Å². The molecule has 0 spiro atoms. The van der Waals surface area contributed by atoms with Crippen LogP contribution in [0.15, 0.2) is 53.0 Å². The van der Waals surface area contributed by atoms with Crippen molar-refractivity contribution in [2.45, 2.75) is 12.8 Å².